The molecule has 4 aliphatic carbocycles. The molecular formula is C25H42O4S. The molecule has 4 saturated carbocycles. The Balaban J connectivity index is 1.53. The highest BCUT2D eigenvalue weighted by Gasteiger charge is 2.62. The number of fused-ring (bicyclic) bond motifs is 5. The van der Waals surface area contributed by atoms with E-state index in [0.717, 1.165) is 32.1 Å². The van der Waals surface area contributed by atoms with E-state index in [4.69, 9.17) is 4.74 Å². The predicted octanol–water partition coefficient (Wildman–Crippen LogP) is 4.47. The lowest BCUT2D eigenvalue weighted by atomic mass is 9.44. The van der Waals surface area contributed by atoms with Crippen molar-refractivity contribution in [2.24, 2.45) is 46.3 Å². The van der Waals surface area contributed by atoms with Gasteiger partial charge >= 0.3 is 5.97 Å². The molecule has 0 bridgehead atoms. The fourth-order valence-corrected chi connectivity index (χ4v) is 9.44. The van der Waals surface area contributed by atoms with Gasteiger partial charge in [0.25, 0.3) is 0 Å². The number of rotatable bonds is 4. The van der Waals surface area contributed by atoms with Gasteiger partial charge in [-0.25, -0.2) is 0 Å². The quantitative estimate of drug-likeness (QED) is 0.447. The number of esters is 1. The van der Waals surface area contributed by atoms with Crippen LogP contribution in [0.3, 0.4) is 0 Å². The standard InChI is InChI=1S/C25H42O4S/c1-14(11-22(30)23(28)29-4)17-5-6-18-16-13-21(27)20-12-15(26)7-9-25(20,3)19(16)8-10-24(17,18)2/h14-22,26-27,30H,5-13H2,1-4H3/t14-,15-,16?,17-,18?,19?,20+,21+,22?,24-,25-/m1/s1. The first kappa shape index (κ1) is 22.9. The van der Waals surface area contributed by atoms with Crippen LogP contribution < -0.4 is 0 Å². The molecule has 0 aromatic heterocycles. The van der Waals surface area contributed by atoms with Crippen molar-refractivity contribution in [3.05, 3.63) is 0 Å². The highest BCUT2D eigenvalue weighted by atomic mass is 32.1. The van der Waals surface area contributed by atoms with E-state index in [0.29, 0.717) is 35.0 Å². The molecule has 0 spiro atoms. The van der Waals surface area contributed by atoms with Crippen LogP contribution in [0.15, 0.2) is 0 Å². The molecule has 4 unspecified atom stereocenters. The molecule has 0 saturated heterocycles. The van der Waals surface area contributed by atoms with Gasteiger partial charge in [-0.15, -0.1) is 0 Å². The predicted molar refractivity (Wildman–Crippen MR) is 121 cm³/mol. The van der Waals surface area contributed by atoms with Crippen molar-refractivity contribution >= 4 is 18.6 Å². The first-order valence-electron chi connectivity index (χ1n) is 12.2. The Bertz CT molecular complexity index is 655. The highest BCUT2D eigenvalue weighted by Crippen LogP contribution is 2.68. The molecule has 4 nitrogen and oxygen atoms in total. The summed E-state index contributed by atoms with van der Waals surface area (Å²) in [6.45, 7) is 7.22. The summed E-state index contributed by atoms with van der Waals surface area (Å²) in [7, 11) is 1.44. The molecule has 0 radical (unpaired) electrons. The molecule has 0 aromatic carbocycles. The van der Waals surface area contributed by atoms with Gasteiger partial charge < -0.3 is 14.9 Å². The Hall–Kier alpha value is -0.260. The lowest BCUT2D eigenvalue weighted by Crippen LogP contribution is -2.58. The summed E-state index contributed by atoms with van der Waals surface area (Å²) in [5, 5.41) is 21.0. The maximum absolute atomic E-state index is 11.9. The summed E-state index contributed by atoms with van der Waals surface area (Å²) in [4.78, 5) is 11.9. The van der Waals surface area contributed by atoms with Crippen molar-refractivity contribution in [2.45, 2.75) is 96.0 Å². The number of hydrogen-bond donors (Lipinski definition) is 3. The largest absolute Gasteiger partial charge is 0.468 e. The monoisotopic (exact) mass is 438 g/mol. The number of ether oxygens (including phenoxy) is 1. The molecule has 5 heteroatoms. The zero-order valence-corrected chi connectivity index (χ0v) is 20.1. The molecule has 0 aromatic rings. The van der Waals surface area contributed by atoms with Crippen molar-refractivity contribution in [3.8, 4) is 0 Å². The molecule has 4 aliphatic rings. The van der Waals surface area contributed by atoms with Crippen LogP contribution in [0.5, 0.6) is 0 Å². The molecule has 0 amide bonds. The van der Waals surface area contributed by atoms with Gasteiger partial charge in [0, 0.05) is 0 Å². The Labute approximate surface area is 187 Å². The summed E-state index contributed by atoms with van der Waals surface area (Å²) in [5.41, 5.74) is 0.467. The Morgan fingerprint density at radius 1 is 1.03 bits per heavy atom. The fourth-order valence-electron chi connectivity index (χ4n) is 9.00. The molecule has 4 fully saturated rings. The number of thiol groups is 1. The summed E-state index contributed by atoms with van der Waals surface area (Å²) < 4.78 is 4.90. The maximum Gasteiger partial charge on any atom is 0.318 e. The number of aliphatic hydroxyl groups excluding tert-OH is 2. The highest BCUT2D eigenvalue weighted by molar-refractivity contribution is 7.81. The molecule has 172 valence electrons. The fraction of sp³-hybridized carbons (Fsp3) is 0.960. The first-order valence-corrected chi connectivity index (χ1v) is 12.8. The van der Waals surface area contributed by atoms with Crippen LogP contribution in [0.25, 0.3) is 0 Å². The molecule has 4 rings (SSSR count). The van der Waals surface area contributed by atoms with E-state index < -0.39 is 0 Å². The van der Waals surface area contributed by atoms with Crippen LogP contribution in [-0.2, 0) is 9.53 Å². The van der Waals surface area contributed by atoms with E-state index in [1.165, 1.54) is 32.8 Å². The van der Waals surface area contributed by atoms with E-state index in [9.17, 15) is 15.0 Å². The van der Waals surface area contributed by atoms with Crippen molar-refractivity contribution in [1.82, 2.24) is 0 Å². The number of carbonyl (C=O) groups is 1. The average Bonchev–Trinajstić information content (AvgIpc) is 3.06. The number of methoxy groups -OCH3 is 1. The minimum absolute atomic E-state index is 0.174. The Morgan fingerprint density at radius 3 is 2.40 bits per heavy atom. The maximum atomic E-state index is 11.9. The molecule has 2 N–H and O–H groups in total. The second-order valence-corrected chi connectivity index (χ2v) is 12.3. The average molecular weight is 439 g/mol. The van der Waals surface area contributed by atoms with E-state index in [1.54, 1.807) is 0 Å². The Kier molecular flexibility index (Phi) is 6.31. The van der Waals surface area contributed by atoms with Crippen LogP contribution in [0.2, 0.25) is 0 Å². The number of carbonyl (C=O) groups excluding carboxylic acids is 1. The lowest BCUT2D eigenvalue weighted by molar-refractivity contribution is -0.172. The number of hydrogen-bond acceptors (Lipinski definition) is 5. The second kappa shape index (κ2) is 8.26. The third kappa shape index (κ3) is 3.55. The van der Waals surface area contributed by atoms with Crippen molar-refractivity contribution in [3.63, 3.8) is 0 Å². The van der Waals surface area contributed by atoms with Gasteiger partial charge in [0.1, 0.15) is 0 Å². The van der Waals surface area contributed by atoms with E-state index in [1.807, 2.05) is 0 Å². The van der Waals surface area contributed by atoms with Crippen molar-refractivity contribution < 1.29 is 19.7 Å². The van der Waals surface area contributed by atoms with Gasteiger partial charge in [-0.3, -0.25) is 4.79 Å². The smallest absolute Gasteiger partial charge is 0.318 e. The zero-order chi connectivity index (χ0) is 21.8. The summed E-state index contributed by atoms with van der Waals surface area (Å²) in [5.74, 6) is 3.03. The molecule has 0 heterocycles. The van der Waals surface area contributed by atoms with E-state index >= 15 is 0 Å². The van der Waals surface area contributed by atoms with Crippen molar-refractivity contribution in [2.75, 3.05) is 7.11 Å². The normalized spacial score (nSPS) is 50.0. The first-order chi connectivity index (χ1) is 14.1. The van der Waals surface area contributed by atoms with E-state index in [2.05, 4.69) is 33.4 Å². The third-order valence-electron chi connectivity index (χ3n) is 10.5. The molecule has 11 atom stereocenters. The summed E-state index contributed by atoms with van der Waals surface area (Å²) >= 11 is 4.51. The lowest BCUT2D eigenvalue weighted by Gasteiger charge is -2.62. The van der Waals surface area contributed by atoms with Gasteiger partial charge in [0.2, 0.25) is 0 Å². The van der Waals surface area contributed by atoms with Crippen LogP contribution in [0.4, 0.5) is 0 Å². The van der Waals surface area contributed by atoms with Gasteiger partial charge in [0.15, 0.2) is 0 Å². The topological polar surface area (TPSA) is 66.8 Å². The van der Waals surface area contributed by atoms with Crippen LogP contribution >= 0.6 is 12.6 Å². The van der Waals surface area contributed by atoms with Gasteiger partial charge in [-0.2, -0.15) is 12.6 Å². The zero-order valence-electron chi connectivity index (χ0n) is 19.2. The van der Waals surface area contributed by atoms with Crippen LogP contribution in [-0.4, -0.2) is 40.8 Å². The van der Waals surface area contributed by atoms with Crippen LogP contribution in [0, 0.1) is 46.3 Å². The molecular weight excluding hydrogens is 396 g/mol. The van der Waals surface area contributed by atoms with Crippen LogP contribution in [0.1, 0.15) is 78.6 Å². The van der Waals surface area contributed by atoms with Gasteiger partial charge in [0.05, 0.1) is 24.6 Å². The van der Waals surface area contributed by atoms with E-state index in [-0.39, 0.29) is 34.8 Å². The minimum atomic E-state index is -0.339. The molecule has 30 heavy (non-hydrogen) atoms. The van der Waals surface area contributed by atoms with Crippen molar-refractivity contribution in [1.29, 1.82) is 0 Å². The minimum Gasteiger partial charge on any atom is -0.468 e. The Morgan fingerprint density at radius 2 is 1.70 bits per heavy atom. The number of aliphatic hydroxyl groups is 2. The van der Waals surface area contributed by atoms with Gasteiger partial charge in [-0.05, 0) is 104 Å². The summed E-state index contributed by atoms with van der Waals surface area (Å²) in [6, 6.07) is 0. The molecule has 0 aliphatic heterocycles. The summed E-state index contributed by atoms with van der Waals surface area (Å²) in [6.07, 6.45) is 8.88. The third-order valence-corrected chi connectivity index (χ3v) is 10.9. The SMILES string of the molecule is COC(=O)C(S)C[C@@H](C)[C@H]1CCC2C3C[C@H](O)[C@@H]4C[C@H](O)CC[C@]4(C)C3CC[C@@]21C. The van der Waals surface area contributed by atoms with Gasteiger partial charge in [-0.1, -0.05) is 20.8 Å². The second-order valence-electron chi connectivity index (χ2n) is 11.7.